The molecule has 1 atom stereocenters. The molecule has 0 saturated heterocycles. The Balaban J connectivity index is 1.48. The lowest BCUT2D eigenvalue weighted by molar-refractivity contribution is -0.113. The van der Waals surface area contributed by atoms with Gasteiger partial charge in [-0.1, -0.05) is 54.1 Å². The maximum atomic E-state index is 13.5. The van der Waals surface area contributed by atoms with Crippen molar-refractivity contribution in [1.29, 1.82) is 0 Å². The molecule has 8 nitrogen and oxygen atoms in total. The van der Waals surface area contributed by atoms with Crippen LogP contribution in [0.1, 0.15) is 35.8 Å². The van der Waals surface area contributed by atoms with Crippen molar-refractivity contribution >= 4 is 52.1 Å². The summed E-state index contributed by atoms with van der Waals surface area (Å²) in [6.07, 6.45) is 0. The van der Waals surface area contributed by atoms with E-state index in [4.69, 9.17) is 21.0 Å². The minimum atomic E-state index is -0.706. The summed E-state index contributed by atoms with van der Waals surface area (Å²) >= 11 is 6.52. The molecule has 0 spiro atoms. The van der Waals surface area contributed by atoms with Crippen LogP contribution in [0.3, 0.4) is 0 Å². The van der Waals surface area contributed by atoms with Crippen LogP contribution in [0.4, 0.5) is 11.7 Å². The second-order valence-electron chi connectivity index (χ2n) is 8.27. The molecule has 1 aromatic heterocycles. The van der Waals surface area contributed by atoms with Crippen molar-refractivity contribution in [3.63, 3.8) is 0 Å². The highest BCUT2D eigenvalue weighted by molar-refractivity contribution is 6.31. The van der Waals surface area contributed by atoms with E-state index in [0.29, 0.717) is 50.2 Å². The lowest BCUT2D eigenvalue weighted by Crippen LogP contribution is -2.37. The molecule has 0 saturated carbocycles. The Morgan fingerprint density at radius 3 is 2.58 bits per heavy atom. The number of rotatable bonds is 5. The molecule has 1 amide bonds. The molecular weight excluding hydrogens is 478 g/mol. The molecule has 5 rings (SSSR count). The van der Waals surface area contributed by atoms with Gasteiger partial charge < -0.3 is 15.1 Å². The predicted molar refractivity (Wildman–Crippen MR) is 140 cm³/mol. The zero-order chi connectivity index (χ0) is 25.2. The Morgan fingerprint density at radius 1 is 1.03 bits per heavy atom. The van der Waals surface area contributed by atoms with Crippen LogP contribution < -0.4 is 16.0 Å². The van der Waals surface area contributed by atoms with E-state index >= 15 is 0 Å². The normalized spacial score (nSPS) is 15.3. The van der Waals surface area contributed by atoms with Crippen molar-refractivity contribution in [1.82, 2.24) is 10.3 Å². The molecule has 9 heteroatoms. The molecule has 1 aliphatic heterocycles. The van der Waals surface area contributed by atoms with Crippen molar-refractivity contribution in [3.8, 4) is 0 Å². The highest BCUT2D eigenvalue weighted by Crippen LogP contribution is 2.35. The van der Waals surface area contributed by atoms with E-state index in [1.54, 1.807) is 37.3 Å². The number of amides is 1. The third-order valence-corrected chi connectivity index (χ3v) is 6.08. The van der Waals surface area contributed by atoms with Crippen LogP contribution in [0.2, 0.25) is 5.02 Å². The fourth-order valence-corrected chi connectivity index (χ4v) is 4.24. The van der Waals surface area contributed by atoms with Crippen LogP contribution in [-0.4, -0.2) is 22.6 Å². The van der Waals surface area contributed by atoms with Crippen LogP contribution in [-0.2, 0) is 4.79 Å². The molecule has 1 aliphatic rings. The van der Waals surface area contributed by atoms with Gasteiger partial charge in [-0.3, -0.25) is 14.9 Å². The summed E-state index contributed by atoms with van der Waals surface area (Å²) in [5, 5.41) is 9.56. The van der Waals surface area contributed by atoms with Crippen molar-refractivity contribution in [2.24, 2.45) is 4.99 Å². The molecule has 180 valence electrons. The van der Waals surface area contributed by atoms with Crippen molar-refractivity contribution in [2.45, 2.75) is 19.9 Å². The second kappa shape index (κ2) is 9.67. The van der Waals surface area contributed by atoms with Gasteiger partial charge in [-0.15, -0.1) is 0 Å². The summed E-state index contributed by atoms with van der Waals surface area (Å²) in [6, 6.07) is 21.0. The number of halogens is 1. The summed E-state index contributed by atoms with van der Waals surface area (Å²) in [5.74, 6) is -0.0938. The number of fused-ring (bicyclic) bond motifs is 1. The molecule has 3 aromatic carbocycles. The average Bonchev–Trinajstić information content (AvgIpc) is 3.26. The first kappa shape index (κ1) is 23.3. The van der Waals surface area contributed by atoms with E-state index in [2.05, 4.69) is 20.9 Å². The maximum absolute atomic E-state index is 13.5. The van der Waals surface area contributed by atoms with Crippen molar-refractivity contribution < 1.29 is 14.0 Å². The lowest BCUT2D eigenvalue weighted by atomic mass is 9.95. The number of Topliss-reactive ketones (excluding diaryl/α,β-unsaturated/α-hetero) is 1. The Morgan fingerprint density at radius 2 is 1.81 bits per heavy atom. The zero-order valence-electron chi connectivity index (χ0n) is 19.5. The standard InChI is InChI=1S/C27H22ClN5O3/c1-15-23(25(35)30-18-9-7-8-17(14-18)16(2)34)24(19-10-3-4-11-20(19)28)32-26(29-15)33-27-31-21-12-5-6-13-22(21)36-27/h3-14,24H,1-2H3,(H,30,35)(H2,29,31,32,33). The van der Waals surface area contributed by atoms with Crippen molar-refractivity contribution in [3.05, 3.63) is 100 Å². The highest BCUT2D eigenvalue weighted by Gasteiger charge is 2.31. The minimum absolute atomic E-state index is 0.0886. The van der Waals surface area contributed by atoms with Crippen LogP contribution in [0.25, 0.3) is 11.1 Å². The Kier molecular flexibility index (Phi) is 6.26. The smallest absolute Gasteiger partial charge is 0.302 e. The number of para-hydroxylation sites is 2. The van der Waals surface area contributed by atoms with E-state index in [-0.39, 0.29) is 17.7 Å². The van der Waals surface area contributed by atoms with E-state index < -0.39 is 6.04 Å². The first-order valence-electron chi connectivity index (χ1n) is 11.2. The molecule has 36 heavy (non-hydrogen) atoms. The number of allylic oxidation sites excluding steroid dienone is 1. The van der Waals surface area contributed by atoms with Gasteiger partial charge in [-0.05, 0) is 44.2 Å². The Labute approximate surface area is 212 Å². The molecule has 2 heterocycles. The maximum Gasteiger partial charge on any atom is 0.302 e. The van der Waals surface area contributed by atoms with Gasteiger partial charge in [0.25, 0.3) is 5.91 Å². The molecule has 1 unspecified atom stereocenters. The number of oxazole rings is 1. The second-order valence-corrected chi connectivity index (χ2v) is 8.68. The molecule has 4 aromatic rings. The van der Waals surface area contributed by atoms with E-state index in [1.807, 2.05) is 42.5 Å². The van der Waals surface area contributed by atoms with Crippen LogP contribution in [0, 0.1) is 0 Å². The molecule has 0 aliphatic carbocycles. The summed E-state index contributed by atoms with van der Waals surface area (Å²) in [7, 11) is 0. The number of anilines is 2. The number of aromatic nitrogens is 1. The van der Waals surface area contributed by atoms with E-state index in [0.717, 1.165) is 0 Å². The molecular formula is C27H22ClN5O3. The molecule has 0 fully saturated rings. The van der Waals surface area contributed by atoms with Gasteiger partial charge in [0.05, 0.1) is 5.57 Å². The molecule has 0 bridgehead atoms. The summed E-state index contributed by atoms with van der Waals surface area (Å²) in [4.78, 5) is 34.4. The van der Waals surface area contributed by atoms with Crippen LogP contribution in [0.15, 0.2) is 93.5 Å². The first-order valence-corrected chi connectivity index (χ1v) is 11.6. The number of carbonyl (C=O) groups excluding carboxylic acids is 2. The number of nitrogens with one attached hydrogen (secondary N) is 3. The summed E-state index contributed by atoms with van der Waals surface area (Å²) < 4.78 is 5.76. The number of benzene rings is 3. The largest absolute Gasteiger partial charge is 0.423 e. The Hall–Kier alpha value is -4.43. The quantitative estimate of drug-likeness (QED) is 0.303. The lowest BCUT2D eigenvalue weighted by Gasteiger charge is -2.27. The van der Waals surface area contributed by atoms with Gasteiger partial charge >= 0.3 is 6.01 Å². The SMILES string of the molecule is CC(=O)c1cccc(NC(=O)C2=C(C)NC(Nc3nc4ccccc4o3)=NC2c2ccccc2Cl)c1. The molecule has 3 N–H and O–H groups in total. The van der Waals surface area contributed by atoms with E-state index in [9.17, 15) is 9.59 Å². The first-order chi connectivity index (χ1) is 17.4. The minimum Gasteiger partial charge on any atom is -0.423 e. The Bertz CT molecular complexity index is 1520. The monoisotopic (exact) mass is 499 g/mol. The number of nitrogens with zero attached hydrogens (tertiary/aromatic N) is 2. The zero-order valence-corrected chi connectivity index (χ0v) is 20.3. The van der Waals surface area contributed by atoms with Gasteiger partial charge in [-0.2, -0.15) is 4.98 Å². The van der Waals surface area contributed by atoms with Gasteiger partial charge in [0, 0.05) is 27.5 Å². The molecule has 0 radical (unpaired) electrons. The fraction of sp³-hybridized carbons (Fsp3) is 0.111. The van der Waals surface area contributed by atoms with Gasteiger partial charge in [0.2, 0.25) is 5.96 Å². The van der Waals surface area contributed by atoms with Crippen molar-refractivity contribution in [2.75, 3.05) is 10.6 Å². The van der Waals surface area contributed by atoms with Crippen LogP contribution in [0.5, 0.6) is 0 Å². The number of hydrogen-bond donors (Lipinski definition) is 3. The number of guanidine groups is 1. The number of aliphatic imine (C=N–C) groups is 1. The number of ketones is 1. The predicted octanol–water partition coefficient (Wildman–Crippen LogP) is 5.71. The fourth-order valence-electron chi connectivity index (χ4n) is 4.00. The summed E-state index contributed by atoms with van der Waals surface area (Å²) in [6.45, 7) is 3.26. The topological polar surface area (TPSA) is 109 Å². The third-order valence-electron chi connectivity index (χ3n) is 5.73. The van der Waals surface area contributed by atoms with Gasteiger partial charge in [-0.25, -0.2) is 4.99 Å². The summed E-state index contributed by atoms with van der Waals surface area (Å²) in [5.41, 5.74) is 3.99. The average molecular weight is 500 g/mol. The third kappa shape index (κ3) is 4.71. The number of carbonyl (C=O) groups is 2. The van der Waals surface area contributed by atoms with Gasteiger partial charge in [0.15, 0.2) is 11.4 Å². The number of hydrogen-bond acceptors (Lipinski definition) is 7. The highest BCUT2D eigenvalue weighted by atomic mass is 35.5. The van der Waals surface area contributed by atoms with Gasteiger partial charge in [0.1, 0.15) is 11.6 Å². The van der Waals surface area contributed by atoms with Crippen LogP contribution >= 0.6 is 11.6 Å². The van der Waals surface area contributed by atoms with E-state index in [1.165, 1.54) is 6.92 Å².